The summed E-state index contributed by atoms with van der Waals surface area (Å²) >= 11 is 0. The zero-order valence-electron chi connectivity index (χ0n) is 12.8. The summed E-state index contributed by atoms with van der Waals surface area (Å²) in [6.45, 7) is -0.0843. The van der Waals surface area contributed by atoms with Gasteiger partial charge in [-0.3, -0.25) is 13.9 Å². The van der Waals surface area contributed by atoms with E-state index in [-0.39, 0.29) is 17.9 Å². The van der Waals surface area contributed by atoms with Crippen LogP contribution in [0.3, 0.4) is 0 Å². The van der Waals surface area contributed by atoms with E-state index in [1.54, 1.807) is 6.07 Å². The lowest BCUT2D eigenvalue weighted by molar-refractivity contribution is -0.137. The van der Waals surface area contributed by atoms with E-state index >= 15 is 0 Å². The molecular weight excluding hydrogens is 325 g/mol. The van der Waals surface area contributed by atoms with Crippen molar-refractivity contribution in [2.75, 3.05) is 5.32 Å². The largest absolute Gasteiger partial charge is 0.416 e. The normalized spacial score (nSPS) is 11.2. The third-order valence-corrected chi connectivity index (χ3v) is 3.49. The number of halogens is 3. The van der Waals surface area contributed by atoms with Gasteiger partial charge in [0.05, 0.1) is 5.56 Å². The van der Waals surface area contributed by atoms with Crippen LogP contribution in [0.1, 0.15) is 16.7 Å². The summed E-state index contributed by atoms with van der Waals surface area (Å²) in [6, 6.07) is 6.33. The van der Waals surface area contributed by atoms with E-state index < -0.39 is 23.0 Å². The van der Waals surface area contributed by atoms with Crippen LogP contribution in [-0.4, -0.2) is 9.13 Å². The number of anilines is 1. The molecule has 1 aromatic carbocycles. The number of benzene rings is 1. The number of alkyl halides is 3. The molecule has 0 spiro atoms. The van der Waals surface area contributed by atoms with E-state index in [2.05, 4.69) is 5.32 Å². The Labute approximate surface area is 134 Å². The van der Waals surface area contributed by atoms with Crippen molar-refractivity contribution < 1.29 is 13.2 Å². The molecule has 0 amide bonds. The highest BCUT2D eigenvalue weighted by Crippen LogP contribution is 2.29. The van der Waals surface area contributed by atoms with E-state index in [4.69, 9.17) is 5.26 Å². The molecule has 9 heteroatoms. The summed E-state index contributed by atoms with van der Waals surface area (Å²) in [4.78, 5) is 23.8. The molecule has 0 saturated heterocycles. The van der Waals surface area contributed by atoms with Gasteiger partial charge in [0.15, 0.2) is 5.56 Å². The lowest BCUT2D eigenvalue weighted by atomic mass is 10.1. The minimum Gasteiger partial charge on any atom is -0.366 e. The summed E-state index contributed by atoms with van der Waals surface area (Å²) in [5.41, 5.74) is -2.22. The Morgan fingerprint density at radius 2 is 1.88 bits per heavy atom. The molecule has 0 aliphatic heterocycles. The van der Waals surface area contributed by atoms with Crippen molar-refractivity contribution in [3.8, 4) is 6.07 Å². The first-order valence-electron chi connectivity index (χ1n) is 6.77. The van der Waals surface area contributed by atoms with Crippen LogP contribution in [-0.2, 0) is 26.8 Å². The van der Waals surface area contributed by atoms with Crippen LogP contribution in [0, 0.1) is 11.3 Å². The lowest BCUT2D eigenvalue weighted by Gasteiger charge is -2.14. The average molecular weight is 338 g/mol. The first-order valence-corrected chi connectivity index (χ1v) is 6.77. The highest BCUT2D eigenvalue weighted by atomic mass is 19.4. The van der Waals surface area contributed by atoms with Gasteiger partial charge in [-0.15, -0.1) is 0 Å². The molecule has 2 aromatic rings. The second kappa shape index (κ2) is 6.23. The monoisotopic (exact) mass is 338 g/mol. The maximum absolute atomic E-state index is 12.7. The zero-order chi connectivity index (χ0) is 18.1. The summed E-state index contributed by atoms with van der Waals surface area (Å²) in [6.07, 6.45) is -4.47. The molecule has 2 rings (SSSR count). The quantitative estimate of drug-likeness (QED) is 0.922. The van der Waals surface area contributed by atoms with Crippen molar-refractivity contribution in [2.45, 2.75) is 12.7 Å². The molecule has 0 saturated carbocycles. The van der Waals surface area contributed by atoms with E-state index in [0.29, 0.717) is 5.56 Å². The minimum atomic E-state index is -4.47. The molecule has 0 radical (unpaired) electrons. The summed E-state index contributed by atoms with van der Waals surface area (Å²) < 4.78 is 40.0. The molecule has 0 unspecified atom stereocenters. The van der Waals surface area contributed by atoms with Crippen molar-refractivity contribution in [1.29, 1.82) is 5.26 Å². The van der Waals surface area contributed by atoms with E-state index in [0.717, 1.165) is 21.3 Å². The van der Waals surface area contributed by atoms with Crippen LogP contribution in [0.2, 0.25) is 0 Å². The maximum atomic E-state index is 12.7. The SMILES string of the molecule is Cn1c(NCc2cccc(C(F)(F)F)c2)c(C#N)c(=O)n(C)c1=O. The number of nitrogens with zero attached hydrogens (tertiary/aromatic N) is 3. The minimum absolute atomic E-state index is 0.0389. The smallest absolute Gasteiger partial charge is 0.366 e. The van der Waals surface area contributed by atoms with Crippen molar-refractivity contribution in [2.24, 2.45) is 14.1 Å². The molecule has 1 aromatic heterocycles. The molecule has 0 atom stereocenters. The van der Waals surface area contributed by atoms with Crippen LogP contribution >= 0.6 is 0 Å². The fourth-order valence-electron chi connectivity index (χ4n) is 2.20. The van der Waals surface area contributed by atoms with Gasteiger partial charge in [-0.05, 0) is 17.7 Å². The number of nitriles is 1. The van der Waals surface area contributed by atoms with E-state index in [9.17, 15) is 22.8 Å². The molecule has 1 heterocycles. The van der Waals surface area contributed by atoms with Crippen molar-refractivity contribution in [3.05, 3.63) is 61.8 Å². The number of hydrogen-bond donors (Lipinski definition) is 1. The predicted molar refractivity (Wildman–Crippen MR) is 80.4 cm³/mol. The van der Waals surface area contributed by atoms with Crippen LogP contribution < -0.4 is 16.6 Å². The second-order valence-corrected chi connectivity index (χ2v) is 5.09. The Balaban J connectivity index is 2.40. The zero-order valence-corrected chi connectivity index (χ0v) is 12.8. The van der Waals surface area contributed by atoms with E-state index in [1.165, 1.54) is 26.2 Å². The Kier molecular flexibility index (Phi) is 4.50. The van der Waals surface area contributed by atoms with Gasteiger partial charge in [-0.2, -0.15) is 18.4 Å². The first-order chi connectivity index (χ1) is 11.2. The fourth-order valence-corrected chi connectivity index (χ4v) is 2.20. The van der Waals surface area contributed by atoms with Gasteiger partial charge in [0.25, 0.3) is 5.56 Å². The molecule has 1 N–H and O–H groups in total. The molecule has 0 bridgehead atoms. The summed E-state index contributed by atoms with van der Waals surface area (Å²) in [7, 11) is 2.60. The molecule has 0 aliphatic rings. The van der Waals surface area contributed by atoms with Gasteiger partial charge >= 0.3 is 11.9 Å². The standard InChI is InChI=1S/C15H13F3N4O2/c1-21-12(11(7-19)13(23)22(2)14(21)24)20-8-9-4-3-5-10(6-9)15(16,17)18/h3-6,20H,8H2,1-2H3. The molecule has 24 heavy (non-hydrogen) atoms. The molecular formula is C15H13F3N4O2. The Morgan fingerprint density at radius 3 is 2.46 bits per heavy atom. The third-order valence-electron chi connectivity index (χ3n) is 3.49. The van der Waals surface area contributed by atoms with Gasteiger partial charge in [0.2, 0.25) is 0 Å². The van der Waals surface area contributed by atoms with Gasteiger partial charge < -0.3 is 5.32 Å². The summed E-state index contributed by atoms with van der Waals surface area (Å²) in [5.74, 6) is -0.0389. The van der Waals surface area contributed by atoms with Crippen molar-refractivity contribution >= 4 is 5.82 Å². The highest BCUT2D eigenvalue weighted by Gasteiger charge is 2.30. The molecule has 0 aliphatic carbocycles. The number of nitrogens with one attached hydrogen (secondary N) is 1. The van der Waals surface area contributed by atoms with Crippen molar-refractivity contribution in [3.63, 3.8) is 0 Å². The van der Waals surface area contributed by atoms with Gasteiger partial charge in [0.1, 0.15) is 11.9 Å². The topological polar surface area (TPSA) is 79.8 Å². The van der Waals surface area contributed by atoms with Gasteiger partial charge in [-0.25, -0.2) is 4.79 Å². The van der Waals surface area contributed by atoms with Crippen LogP contribution in [0.4, 0.5) is 19.0 Å². The first kappa shape index (κ1) is 17.3. The van der Waals surface area contributed by atoms with E-state index in [1.807, 2.05) is 0 Å². The Bertz CT molecular complexity index is 936. The number of aromatic nitrogens is 2. The maximum Gasteiger partial charge on any atom is 0.416 e. The van der Waals surface area contributed by atoms with Crippen LogP contribution in [0.25, 0.3) is 0 Å². The predicted octanol–water partition coefficient (Wildman–Crippen LogP) is 1.59. The molecule has 126 valence electrons. The highest BCUT2D eigenvalue weighted by molar-refractivity contribution is 5.51. The Morgan fingerprint density at radius 1 is 1.21 bits per heavy atom. The summed E-state index contributed by atoms with van der Waals surface area (Å²) in [5, 5.41) is 11.8. The van der Waals surface area contributed by atoms with Gasteiger partial charge in [-0.1, -0.05) is 12.1 Å². The molecule has 0 fully saturated rings. The van der Waals surface area contributed by atoms with Crippen molar-refractivity contribution in [1.82, 2.24) is 9.13 Å². The van der Waals surface area contributed by atoms with Crippen LogP contribution in [0.15, 0.2) is 33.9 Å². The average Bonchev–Trinajstić information content (AvgIpc) is 2.54. The number of rotatable bonds is 3. The molecule has 6 nitrogen and oxygen atoms in total. The Hall–Kier alpha value is -3.02. The fraction of sp³-hybridized carbons (Fsp3) is 0.267. The number of hydrogen-bond acceptors (Lipinski definition) is 4. The van der Waals surface area contributed by atoms with Gasteiger partial charge in [0, 0.05) is 20.6 Å². The second-order valence-electron chi connectivity index (χ2n) is 5.09. The lowest BCUT2D eigenvalue weighted by Crippen LogP contribution is -2.39. The third kappa shape index (κ3) is 3.17. The van der Waals surface area contributed by atoms with Crippen LogP contribution in [0.5, 0.6) is 0 Å².